The van der Waals surface area contributed by atoms with Crippen LogP contribution in [-0.2, 0) is 9.53 Å². The van der Waals surface area contributed by atoms with Gasteiger partial charge >= 0.3 is 5.97 Å². The zero-order valence-electron chi connectivity index (χ0n) is 16.7. The van der Waals surface area contributed by atoms with Crippen molar-refractivity contribution >= 4 is 23.3 Å². The zero-order chi connectivity index (χ0) is 20.5. The lowest BCUT2D eigenvalue weighted by Crippen LogP contribution is -2.22. The molecular formula is C21H26N2O5. The van der Waals surface area contributed by atoms with Crippen LogP contribution in [0.4, 0.5) is 11.4 Å². The van der Waals surface area contributed by atoms with Crippen molar-refractivity contribution in [2.45, 2.75) is 13.8 Å². The van der Waals surface area contributed by atoms with Crippen LogP contribution in [0, 0.1) is 0 Å². The predicted octanol–water partition coefficient (Wildman–Crippen LogP) is 3.35. The highest BCUT2D eigenvalue weighted by Gasteiger charge is 2.13. The first-order valence-corrected chi connectivity index (χ1v) is 9.06. The Hall–Kier alpha value is -3.22. The summed E-state index contributed by atoms with van der Waals surface area (Å²) in [7, 11) is 3.04. The Kier molecular flexibility index (Phi) is 7.68. The summed E-state index contributed by atoms with van der Waals surface area (Å²) in [6, 6.07) is 12.1. The van der Waals surface area contributed by atoms with E-state index < -0.39 is 18.5 Å². The molecule has 7 heteroatoms. The van der Waals surface area contributed by atoms with Crippen molar-refractivity contribution in [2.24, 2.45) is 0 Å². The summed E-state index contributed by atoms with van der Waals surface area (Å²) < 4.78 is 15.4. The standard InChI is InChI=1S/C21H26N2O5/c1-5-23(6-2)16-9-7-15(8-10-16)21(25)28-14-20(24)22-18-12-11-17(26-3)13-19(18)27-4/h7-13H,5-6,14H2,1-4H3,(H,22,24). The Balaban J connectivity index is 1.93. The minimum Gasteiger partial charge on any atom is -0.497 e. The topological polar surface area (TPSA) is 77.1 Å². The number of rotatable bonds is 9. The molecule has 0 radical (unpaired) electrons. The normalized spacial score (nSPS) is 10.1. The summed E-state index contributed by atoms with van der Waals surface area (Å²) in [5, 5.41) is 2.66. The van der Waals surface area contributed by atoms with E-state index in [1.165, 1.54) is 7.11 Å². The molecule has 0 heterocycles. The summed E-state index contributed by atoms with van der Waals surface area (Å²) in [5.74, 6) is 0.0416. The summed E-state index contributed by atoms with van der Waals surface area (Å²) in [6.07, 6.45) is 0. The summed E-state index contributed by atoms with van der Waals surface area (Å²) in [4.78, 5) is 26.5. The van der Waals surface area contributed by atoms with Crippen LogP contribution in [-0.4, -0.2) is 45.8 Å². The predicted molar refractivity (Wildman–Crippen MR) is 108 cm³/mol. The lowest BCUT2D eigenvalue weighted by Gasteiger charge is -2.20. The number of nitrogens with one attached hydrogen (secondary N) is 1. The van der Waals surface area contributed by atoms with Gasteiger partial charge in [0.15, 0.2) is 6.61 Å². The van der Waals surface area contributed by atoms with Crippen LogP contribution in [0.3, 0.4) is 0 Å². The van der Waals surface area contributed by atoms with Gasteiger partial charge in [-0.25, -0.2) is 4.79 Å². The average Bonchev–Trinajstić information content (AvgIpc) is 2.73. The molecule has 0 aliphatic rings. The molecular weight excluding hydrogens is 360 g/mol. The van der Waals surface area contributed by atoms with Gasteiger partial charge in [-0.05, 0) is 50.2 Å². The monoisotopic (exact) mass is 386 g/mol. The van der Waals surface area contributed by atoms with Crippen LogP contribution in [0.25, 0.3) is 0 Å². The third-order valence-electron chi connectivity index (χ3n) is 4.25. The highest BCUT2D eigenvalue weighted by molar-refractivity contribution is 5.96. The average molecular weight is 386 g/mol. The van der Waals surface area contributed by atoms with Crippen LogP contribution in [0.2, 0.25) is 0 Å². The molecule has 1 N–H and O–H groups in total. The van der Waals surface area contributed by atoms with Gasteiger partial charge in [-0.15, -0.1) is 0 Å². The Morgan fingerprint density at radius 2 is 1.64 bits per heavy atom. The van der Waals surface area contributed by atoms with E-state index in [1.54, 1.807) is 37.4 Å². The molecule has 0 fully saturated rings. The van der Waals surface area contributed by atoms with E-state index in [1.807, 2.05) is 12.1 Å². The Morgan fingerprint density at radius 3 is 2.21 bits per heavy atom. The van der Waals surface area contributed by atoms with E-state index in [0.29, 0.717) is 22.7 Å². The van der Waals surface area contributed by atoms with E-state index in [-0.39, 0.29) is 0 Å². The molecule has 0 atom stereocenters. The van der Waals surface area contributed by atoms with E-state index in [9.17, 15) is 9.59 Å². The van der Waals surface area contributed by atoms with Crippen LogP contribution >= 0.6 is 0 Å². The SMILES string of the molecule is CCN(CC)c1ccc(C(=O)OCC(=O)Nc2ccc(OC)cc2OC)cc1. The van der Waals surface area contributed by atoms with Gasteiger partial charge in [-0.1, -0.05) is 0 Å². The second-order valence-corrected chi connectivity index (χ2v) is 5.91. The molecule has 0 aliphatic carbocycles. The lowest BCUT2D eigenvalue weighted by atomic mass is 10.2. The zero-order valence-corrected chi connectivity index (χ0v) is 16.7. The van der Waals surface area contributed by atoms with E-state index in [4.69, 9.17) is 14.2 Å². The number of hydrogen-bond donors (Lipinski definition) is 1. The number of carbonyl (C=O) groups is 2. The number of hydrogen-bond acceptors (Lipinski definition) is 6. The second-order valence-electron chi connectivity index (χ2n) is 5.91. The fourth-order valence-corrected chi connectivity index (χ4v) is 2.70. The van der Waals surface area contributed by atoms with Gasteiger partial charge in [-0.3, -0.25) is 4.79 Å². The van der Waals surface area contributed by atoms with Crippen molar-refractivity contribution < 1.29 is 23.8 Å². The molecule has 0 unspecified atom stereocenters. The quantitative estimate of drug-likeness (QED) is 0.666. The number of methoxy groups -OCH3 is 2. The van der Waals surface area contributed by atoms with Crippen molar-refractivity contribution in [3.8, 4) is 11.5 Å². The van der Waals surface area contributed by atoms with Gasteiger partial charge in [0.05, 0.1) is 25.5 Å². The largest absolute Gasteiger partial charge is 0.497 e. The maximum atomic E-state index is 12.2. The lowest BCUT2D eigenvalue weighted by molar-refractivity contribution is -0.119. The number of anilines is 2. The van der Waals surface area contributed by atoms with Crippen LogP contribution in [0.5, 0.6) is 11.5 Å². The van der Waals surface area contributed by atoms with E-state index in [2.05, 4.69) is 24.1 Å². The number of benzene rings is 2. The maximum absolute atomic E-state index is 12.2. The Labute approximate surface area is 165 Å². The number of ether oxygens (including phenoxy) is 3. The smallest absolute Gasteiger partial charge is 0.338 e. The molecule has 0 spiro atoms. The molecule has 0 aliphatic heterocycles. The third-order valence-corrected chi connectivity index (χ3v) is 4.25. The first-order valence-electron chi connectivity index (χ1n) is 9.06. The Morgan fingerprint density at radius 1 is 0.964 bits per heavy atom. The maximum Gasteiger partial charge on any atom is 0.338 e. The molecule has 0 saturated heterocycles. The molecule has 150 valence electrons. The van der Waals surface area contributed by atoms with Crippen molar-refractivity contribution in [2.75, 3.05) is 44.1 Å². The van der Waals surface area contributed by atoms with Gasteiger partial charge in [0.1, 0.15) is 11.5 Å². The van der Waals surface area contributed by atoms with Gasteiger partial charge in [0.2, 0.25) is 0 Å². The van der Waals surface area contributed by atoms with Crippen molar-refractivity contribution in [1.29, 1.82) is 0 Å². The van der Waals surface area contributed by atoms with Gasteiger partial charge in [0.25, 0.3) is 5.91 Å². The minimum atomic E-state index is -0.553. The molecule has 2 aromatic carbocycles. The van der Waals surface area contributed by atoms with Crippen molar-refractivity contribution in [1.82, 2.24) is 0 Å². The fraction of sp³-hybridized carbons (Fsp3) is 0.333. The second kappa shape index (κ2) is 10.2. The highest BCUT2D eigenvalue weighted by atomic mass is 16.5. The fourth-order valence-electron chi connectivity index (χ4n) is 2.70. The van der Waals surface area contributed by atoms with Crippen molar-refractivity contribution in [3.63, 3.8) is 0 Å². The number of carbonyl (C=O) groups excluding carboxylic acids is 2. The molecule has 28 heavy (non-hydrogen) atoms. The van der Waals surface area contributed by atoms with E-state index >= 15 is 0 Å². The molecule has 0 aromatic heterocycles. The number of nitrogens with zero attached hydrogens (tertiary/aromatic N) is 1. The summed E-state index contributed by atoms with van der Waals surface area (Å²) in [6.45, 7) is 5.51. The molecule has 2 aromatic rings. The summed E-state index contributed by atoms with van der Waals surface area (Å²) in [5.41, 5.74) is 1.89. The molecule has 0 bridgehead atoms. The first kappa shape index (κ1) is 21.1. The summed E-state index contributed by atoms with van der Waals surface area (Å²) >= 11 is 0. The first-order chi connectivity index (χ1) is 13.5. The molecule has 1 amide bonds. The highest BCUT2D eigenvalue weighted by Crippen LogP contribution is 2.28. The van der Waals surface area contributed by atoms with Crippen LogP contribution < -0.4 is 19.7 Å². The van der Waals surface area contributed by atoms with Crippen LogP contribution in [0.15, 0.2) is 42.5 Å². The number of amides is 1. The number of esters is 1. The van der Waals surface area contributed by atoms with Crippen molar-refractivity contribution in [3.05, 3.63) is 48.0 Å². The van der Waals surface area contributed by atoms with Gasteiger partial charge in [-0.2, -0.15) is 0 Å². The molecule has 2 rings (SSSR count). The van der Waals surface area contributed by atoms with E-state index in [0.717, 1.165) is 18.8 Å². The van der Waals surface area contributed by atoms with Crippen LogP contribution in [0.1, 0.15) is 24.2 Å². The Bertz CT molecular complexity index is 801. The third kappa shape index (κ3) is 5.39. The molecule has 0 saturated carbocycles. The molecule has 7 nitrogen and oxygen atoms in total. The van der Waals surface area contributed by atoms with Gasteiger partial charge in [0, 0.05) is 24.8 Å². The minimum absolute atomic E-state index is 0.394. The van der Waals surface area contributed by atoms with Gasteiger partial charge < -0.3 is 24.4 Å².